The number of carbonyl (C=O) groups is 2. The molecule has 3 nitrogen and oxygen atoms in total. The summed E-state index contributed by atoms with van der Waals surface area (Å²) in [6, 6.07) is 9.15. The van der Waals surface area contributed by atoms with E-state index in [0.29, 0.717) is 6.42 Å². The maximum Gasteiger partial charge on any atom is 0.162 e. The summed E-state index contributed by atoms with van der Waals surface area (Å²) in [6.07, 6.45) is 0.415. The normalized spacial score (nSPS) is 21.3. The molecule has 0 heterocycles. The molecule has 1 N–H and O–H groups in total. The van der Waals surface area contributed by atoms with Crippen LogP contribution in [0.1, 0.15) is 12.8 Å². The van der Waals surface area contributed by atoms with E-state index in [4.69, 9.17) is 0 Å². The second-order valence-corrected chi connectivity index (χ2v) is 3.45. The van der Waals surface area contributed by atoms with Crippen molar-refractivity contribution in [2.45, 2.75) is 18.9 Å². The Labute approximate surface area is 82.1 Å². The van der Waals surface area contributed by atoms with E-state index in [2.05, 4.69) is 5.32 Å². The van der Waals surface area contributed by atoms with Crippen LogP contribution < -0.4 is 5.32 Å². The average Bonchev–Trinajstić information content (AvgIpc) is 2.47. The fraction of sp³-hybridized carbons (Fsp3) is 0.273. The lowest BCUT2D eigenvalue weighted by molar-refractivity contribution is -0.121. The SMILES string of the molecule is O=C1CC(=O)C(Nc2ccccc2)C1. The summed E-state index contributed by atoms with van der Waals surface area (Å²) in [4.78, 5) is 22.3. The molecule has 1 atom stereocenters. The Hall–Kier alpha value is -1.64. The van der Waals surface area contributed by atoms with Crippen LogP contribution in [-0.2, 0) is 9.59 Å². The van der Waals surface area contributed by atoms with Crippen LogP contribution in [0.4, 0.5) is 5.69 Å². The van der Waals surface area contributed by atoms with Crippen molar-refractivity contribution in [3.05, 3.63) is 30.3 Å². The van der Waals surface area contributed by atoms with Crippen LogP contribution in [0.25, 0.3) is 0 Å². The van der Waals surface area contributed by atoms with E-state index in [1.807, 2.05) is 30.3 Å². The maximum absolute atomic E-state index is 11.3. The fourth-order valence-electron chi connectivity index (χ4n) is 1.60. The maximum atomic E-state index is 11.3. The lowest BCUT2D eigenvalue weighted by atomic mass is 10.2. The molecular formula is C11H11NO2. The fourth-order valence-corrected chi connectivity index (χ4v) is 1.60. The van der Waals surface area contributed by atoms with Crippen molar-refractivity contribution < 1.29 is 9.59 Å². The number of nitrogens with one attached hydrogen (secondary N) is 1. The molecule has 1 aliphatic rings. The molecule has 1 unspecified atom stereocenters. The van der Waals surface area contributed by atoms with Crippen LogP contribution in [0.2, 0.25) is 0 Å². The minimum atomic E-state index is -0.315. The van der Waals surface area contributed by atoms with Gasteiger partial charge in [0.2, 0.25) is 0 Å². The van der Waals surface area contributed by atoms with Gasteiger partial charge in [0.1, 0.15) is 5.78 Å². The number of hydrogen-bond donors (Lipinski definition) is 1. The third-order valence-electron chi connectivity index (χ3n) is 2.31. The highest BCUT2D eigenvalue weighted by atomic mass is 16.2. The number of anilines is 1. The third-order valence-corrected chi connectivity index (χ3v) is 2.31. The molecule has 72 valence electrons. The van der Waals surface area contributed by atoms with Crippen molar-refractivity contribution >= 4 is 17.3 Å². The number of hydrogen-bond acceptors (Lipinski definition) is 3. The van der Waals surface area contributed by atoms with E-state index in [0.717, 1.165) is 5.69 Å². The highest BCUT2D eigenvalue weighted by Crippen LogP contribution is 2.16. The van der Waals surface area contributed by atoms with Gasteiger partial charge in [-0.05, 0) is 12.1 Å². The van der Waals surface area contributed by atoms with Gasteiger partial charge in [0, 0.05) is 12.1 Å². The molecule has 0 aromatic heterocycles. The first-order valence-corrected chi connectivity index (χ1v) is 4.62. The Morgan fingerprint density at radius 1 is 1.14 bits per heavy atom. The first kappa shape index (κ1) is 8.94. The molecule has 0 aliphatic heterocycles. The van der Waals surface area contributed by atoms with Crippen LogP contribution >= 0.6 is 0 Å². The monoisotopic (exact) mass is 189 g/mol. The Balaban J connectivity index is 2.05. The molecule has 0 bridgehead atoms. The molecule has 0 saturated heterocycles. The molecule has 0 amide bonds. The molecule has 1 aromatic carbocycles. The molecular weight excluding hydrogens is 178 g/mol. The molecule has 1 aliphatic carbocycles. The Kier molecular flexibility index (Phi) is 2.31. The first-order valence-electron chi connectivity index (χ1n) is 4.62. The lowest BCUT2D eigenvalue weighted by Gasteiger charge is -2.10. The highest BCUT2D eigenvalue weighted by molar-refractivity contribution is 6.10. The van der Waals surface area contributed by atoms with Crippen molar-refractivity contribution in [2.24, 2.45) is 0 Å². The number of ketones is 2. The minimum Gasteiger partial charge on any atom is -0.375 e. The van der Waals surface area contributed by atoms with Gasteiger partial charge in [-0.1, -0.05) is 18.2 Å². The summed E-state index contributed by atoms with van der Waals surface area (Å²) < 4.78 is 0. The first-order chi connectivity index (χ1) is 6.75. The number of rotatable bonds is 2. The van der Waals surface area contributed by atoms with E-state index < -0.39 is 0 Å². The van der Waals surface area contributed by atoms with E-state index in [-0.39, 0.29) is 24.0 Å². The van der Waals surface area contributed by atoms with Crippen molar-refractivity contribution in [3.8, 4) is 0 Å². The van der Waals surface area contributed by atoms with Gasteiger partial charge in [-0.3, -0.25) is 9.59 Å². The summed E-state index contributed by atoms with van der Waals surface area (Å²) >= 11 is 0. The van der Waals surface area contributed by atoms with Crippen LogP contribution in [0.5, 0.6) is 0 Å². The topological polar surface area (TPSA) is 46.2 Å². The van der Waals surface area contributed by atoms with Crippen molar-refractivity contribution in [1.82, 2.24) is 0 Å². The quantitative estimate of drug-likeness (QED) is 0.715. The van der Waals surface area contributed by atoms with Crippen molar-refractivity contribution in [3.63, 3.8) is 0 Å². The number of Topliss-reactive ketones (excluding diaryl/α,β-unsaturated/α-hetero) is 2. The summed E-state index contributed by atoms with van der Waals surface area (Å²) in [7, 11) is 0. The Morgan fingerprint density at radius 3 is 2.43 bits per heavy atom. The zero-order chi connectivity index (χ0) is 9.97. The molecule has 3 heteroatoms. The molecule has 2 rings (SSSR count). The van der Waals surface area contributed by atoms with E-state index in [1.54, 1.807) is 0 Å². The van der Waals surface area contributed by atoms with Gasteiger partial charge in [0.25, 0.3) is 0 Å². The summed E-state index contributed by atoms with van der Waals surface area (Å²) in [6.45, 7) is 0. The van der Waals surface area contributed by atoms with Gasteiger partial charge >= 0.3 is 0 Å². The third kappa shape index (κ3) is 1.82. The zero-order valence-electron chi connectivity index (χ0n) is 7.69. The number of para-hydroxylation sites is 1. The summed E-state index contributed by atoms with van der Waals surface area (Å²) in [5.74, 6) is 0.0299. The van der Waals surface area contributed by atoms with Gasteiger partial charge < -0.3 is 5.32 Å². The zero-order valence-corrected chi connectivity index (χ0v) is 7.69. The van der Waals surface area contributed by atoms with Crippen molar-refractivity contribution in [1.29, 1.82) is 0 Å². The average molecular weight is 189 g/mol. The summed E-state index contributed by atoms with van der Waals surface area (Å²) in [5.41, 5.74) is 0.889. The van der Waals surface area contributed by atoms with Crippen LogP contribution in [0, 0.1) is 0 Å². The van der Waals surface area contributed by atoms with Crippen molar-refractivity contribution in [2.75, 3.05) is 5.32 Å². The summed E-state index contributed by atoms with van der Waals surface area (Å²) in [5, 5.41) is 3.05. The lowest BCUT2D eigenvalue weighted by Crippen LogP contribution is -2.23. The Morgan fingerprint density at radius 2 is 1.86 bits per heavy atom. The largest absolute Gasteiger partial charge is 0.375 e. The predicted molar refractivity (Wildman–Crippen MR) is 53.1 cm³/mol. The van der Waals surface area contributed by atoms with Gasteiger partial charge in [0.15, 0.2) is 5.78 Å². The second kappa shape index (κ2) is 3.62. The molecule has 0 radical (unpaired) electrons. The molecule has 1 fully saturated rings. The predicted octanol–water partition coefficient (Wildman–Crippen LogP) is 1.40. The highest BCUT2D eigenvalue weighted by Gasteiger charge is 2.30. The molecule has 1 saturated carbocycles. The van der Waals surface area contributed by atoms with Crippen LogP contribution in [0.3, 0.4) is 0 Å². The Bertz CT molecular complexity index is 359. The number of benzene rings is 1. The van der Waals surface area contributed by atoms with Crippen LogP contribution in [0.15, 0.2) is 30.3 Å². The second-order valence-electron chi connectivity index (χ2n) is 3.45. The van der Waals surface area contributed by atoms with Gasteiger partial charge in [-0.2, -0.15) is 0 Å². The molecule has 0 spiro atoms. The van der Waals surface area contributed by atoms with Gasteiger partial charge in [-0.25, -0.2) is 0 Å². The van der Waals surface area contributed by atoms with E-state index >= 15 is 0 Å². The molecule has 14 heavy (non-hydrogen) atoms. The van der Waals surface area contributed by atoms with Gasteiger partial charge in [0.05, 0.1) is 12.5 Å². The van der Waals surface area contributed by atoms with E-state index in [9.17, 15) is 9.59 Å². The van der Waals surface area contributed by atoms with Crippen LogP contribution in [-0.4, -0.2) is 17.6 Å². The standard InChI is InChI=1S/C11H11NO2/c13-9-6-10(11(14)7-9)12-8-4-2-1-3-5-8/h1-5,10,12H,6-7H2. The smallest absolute Gasteiger partial charge is 0.162 e. The number of carbonyl (C=O) groups excluding carboxylic acids is 2. The minimum absolute atomic E-state index is 0.00106. The van der Waals surface area contributed by atoms with Gasteiger partial charge in [-0.15, -0.1) is 0 Å². The molecule has 1 aromatic rings. The van der Waals surface area contributed by atoms with E-state index in [1.165, 1.54) is 0 Å².